The van der Waals surface area contributed by atoms with Crippen LogP contribution in [0.4, 0.5) is 0 Å². The van der Waals surface area contributed by atoms with Gasteiger partial charge in [0, 0.05) is 16.5 Å². The van der Waals surface area contributed by atoms with Gasteiger partial charge in [-0.05, 0) is 30.2 Å². The number of hydrogen-bond donors (Lipinski definition) is 2. The lowest BCUT2D eigenvalue weighted by atomic mass is 10.1. The molecule has 2 amide bonds. The molecule has 132 valence electrons. The van der Waals surface area contributed by atoms with Crippen molar-refractivity contribution in [1.29, 1.82) is 0 Å². The molecule has 1 aromatic rings. The molecule has 3 N–H and O–H groups in total. The van der Waals surface area contributed by atoms with Gasteiger partial charge in [-0.2, -0.15) is 0 Å². The highest BCUT2D eigenvalue weighted by Gasteiger charge is 2.40. The monoisotopic (exact) mass is 418 g/mol. The number of aliphatic carboxylic acids is 1. The van der Waals surface area contributed by atoms with E-state index in [-0.39, 0.29) is 22.1 Å². The summed E-state index contributed by atoms with van der Waals surface area (Å²) in [5, 5.41) is 10.2. The zero-order chi connectivity index (χ0) is 18.7. The normalized spacial score (nSPS) is 17.2. The van der Waals surface area contributed by atoms with Gasteiger partial charge in [-0.15, -0.1) is 0 Å². The van der Waals surface area contributed by atoms with E-state index in [0.717, 1.165) is 16.7 Å². The van der Waals surface area contributed by atoms with Gasteiger partial charge in [-0.25, -0.2) is 4.79 Å². The maximum Gasteiger partial charge on any atom is 0.326 e. The number of primary amides is 1. The number of carbonyl (C=O) groups excluding carboxylic acids is 2. The number of carboxylic acids is 1. The second kappa shape index (κ2) is 8.18. The minimum atomic E-state index is -1.26. The van der Waals surface area contributed by atoms with Crippen LogP contribution in [0.15, 0.2) is 23.1 Å². The number of nitrogens with two attached hydrogens (primary N) is 1. The zero-order valence-electron chi connectivity index (χ0n) is 12.6. The SMILES string of the molecule is NC(=O)CCC(C(=O)O)N1C(=O)C(=Cc2ccc(Cl)cc2Cl)SC1=S. The molecule has 0 spiro atoms. The summed E-state index contributed by atoms with van der Waals surface area (Å²) in [5.74, 6) is -2.47. The summed E-state index contributed by atoms with van der Waals surface area (Å²) in [4.78, 5) is 36.2. The highest BCUT2D eigenvalue weighted by molar-refractivity contribution is 8.26. The fourth-order valence-electron chi connectivity index (χ4n) is 2.15. The first kappa shape index (κ1) is 19.7. The Balaban J connectivity index is 2.30. The number of thioether (sulfide) groups is 1. The minimum Gasteiger partial charge on any atom is -0.480 e. The molecule has 1 atom stereocenters. The molecule has 10 heteroatoms. The average molecular weight is 419 g/mol. The lowest BCUT2D eigenvalue weighted by Gasteiger charge is -2.22. The Morgan fingerprint density at radius 3 is 2.64 bits per heavy atom. The first-order valence-electron chi connectivity index (χ1n) is 6.94. The Bertz CT molecular complexity index is 798. The Hall–Kier alpha value is -1.61. The van der Waals surface area contributed by atoms with E-state index in [1.165, 1.54) is 12.1 Å². The molecule has 1 aliphatic rings. The van der Waals surface area contributed by atoms with Crippen molar-refractivity contribution in [3.8, 4) is 0 Å². The number of halogens is 2. The highest BCUT2D eigenvalue weighted by Crippen LogP contribution is 2.36. The summed E-state index contributed by atoms with van der Waals surface area (Å²) in [6, 6.07) is 3.53. The molecule has 1 aliphatic heterocycles. The topological polar surface area (TPSA) is 101 Å². The predicted molar refractivity (Wildman–Crippen MR) is 101 cm³/mol. The highest BCUT2D eigenvalue weighted by atomic mass is 35.5. The predicted octanol–water partition coefficient (Wildman–Crippen LogP) is 2.91. The molecule has 1 aromatic carbocycles. The van der Waals surface area contributed by atoms with Crippen LogP contribution in [0.1, 0.15) is 18.4 Å². The fraction of sp³-hybridized carbons (Fsp3) is 0.200. The number of thiocarbonyl (C=S) groups is 1. The van der Waals surface area contributed by atoms with Gasteiger partial charge >= 0.3 is 5.97 Å². The number of benzene rings is 1. The number of nitrogens with zero attached hydrogens (tertiary/aromatic N) is 1. The molecule has 2 rings (SSSR count). The van der Waals surface area contributed by atoms with Gasteiger partial charge in [0.25, 0.3) is 5.91 Å². The van der Waals surface area contributed by atoms with E-state index in [9.17, 15) is 19.5 Å². The van der Waals surface area contributed by atoms with Crippen molar-refractivity contribution in [1.82, 2.24) is 4.90 Å². The number of amides is 2. The second-order valence-electron chi connectivity index (χ2n) is 5.08. The van der Waals surface area contributed by atoms with Crippen LogP contribution in [0.2, 0.25) is 10.0 Å². The van der Waals surface area contributed by atoms with Crippen LogP contribution in [-0.2, 0) is 14.4 Å². The van der Waals surface area contributed by atoms with E-state index in [4.69, 9.17) is 41.2 Å². The largest absolute Gasteiger partial charge is 0.480 e. The summed E-state index contributed by atoms with van der Waals surface area (Å²) in [6.07, 6.45) is 1.23. The molecule has 0 radical (unpaired) electrons. The minimum absolute atomic E-state index is 0.0956. The quantitative estimate of drug-likeness (QED) is 0.543. The molecule has 1 unspecified atom stereocenters. The van der Waals surface area contributed by atoms with Crippen molar-refractivity contribution >= 4 is 75.4 Å². The van der Waals surface area contributed by atoms with Crippen LogP contribution in [0.3, 0.4) is 0 Å². The molecule has 0 aliphatic carbocycles. The number of carboxylic acid groups (broad SMARTS) is 1. The molecular weight excluding hydrogens is 407 g/mol. The smallest absolute Gasteiger partial charge is 0.326 e. The molecule has 1 heterocycles. The molecule has 0 saturated carbocycles. The van der Waals surface area contributed by atoms with Crippen LogP contribution >= 0.6 is 47.2 Å². The maximum absolute atomic E-state index is 12.6. The maximum atomic E-state index is 12.6. The standard InChI is InChI=1S/C15H12Cl2N2O4S2/c16-8-2-1-7(9(17)6-8)5-11-13(21)19(15(24)25-11)10(14(22)23)3-4-12(18)20/h1-2,5-6,10H,3-4H2,(H2,18,20)(H,22,23). The summed E-state index contributed by atoms with van der Waals surface area (Å²) in [5.41, 5.74) is 5.61. The van der Waals surface area contributed by atoms with Gasteiger partial charge in [0.05, 0.1) is 4.91 Å². The van der Waals surface area contributed by atoms with Crippen molar-refractivity contribution < 1.29 is 19.5 Å². The first-order valence-corrected chi connectivity index (χ1v) is 8.92. The molecular formula is C15H12Cl2N2O4S2. The van der Waals surface area contributed by atoms with E-state index >= 15 is 0 Å². The second-order valence-corrected chi connectivity index (χ2v) is 7.60. The van der Waals surface area contributed by atoms with E-state index in [0.29, 0.717) is 15.6 Å². The third-order valence-electron chi connectivity index (χ3n) is 3.33. The van der Waals surface area contributed by atoms with E-state index in [1.54, 1.807) is 12.1 Å². The van der Waals surface area contributed by atoms with Crippen molar-refractivity contribution in [3.05, 3.63) is 38.7 Å². The molecule has 1 fully saturated rings. The molecule has 0 bridgehead atoms. The van der Waals surface area contributed by atoms with Gasteiger partial charge in [0.2, 0.25) is 5.91 Å². The third-order valence-corrected chi connectivity index (χ3v) is 5.23. The number of rotatable bonds is 6. The van der Waals surface area contributed by atoms with Crippen LogP contribution in [0.5, 0.6) is 0 Å². The Morgan fingerprint density at radius 1 is 1.40 bits per heavy atom. The summed E-state index contributed by atoms with van der Waals surface area (Å²) >= 11 is 18.0. The van der Waals surface area contributed by atoms with Crippen LogP contribution in [0.25, 0.3) is 6.08 Å². The van der Waals surface area contributed by atoms with Crippen molar-refractivity contribution in [3.63, 3.8) is 0 Å². The molecule has 25 heavy (non-hydrogen) atoms. The lowest BCUT2D eigenvalue weighted by molar-refractivity contribution is -0.145. The van der Waals surface area contributed by atoms with Crippen LogP contribution in [-0.4, -0.2) is 38.2 Å². The van der Waals surface area contributed by atoms with Crippen molar-refractivity contribution in [2.45, 2.75) is 18.9 Å². The van der Waals surface area contributed by atoms with E-state index in [2.05, 4.69) is 0 Å². The lowest BCUT2D eigenvalue weighted by Crippen LogP contribution is -2.44. The van der Waals surface area contributed by atoms with Crippen LogP contribution in [0, 0.1) is 0 Å². The summed E-state index contributed by atoms with van der Waals surface area (Å²) in [7, 11) is 0. The van der Waals surface area contributed by atoms with E-state index < -0.39 is 23.8 Å². The molecule has 6 nitrogen and oxygen atoms in total. The number of carbonyl (C=O) groups is 3. The zero-order valence-corrected chi connectivity index (χ0v) is 15.7. The van der Waals surface area contributed by atoms with Gasteiger partial charge in [0.15, 0.2) is 0 Å². The average Bonchev–Trinajstić information content (AvgIpc) is 2.77. The van der Waals surface area contributed by atoms with Crippen molar-refractivity contribution in [2.24, 2.45) is 5.73 Å². The first-order chi connectivity index (χ1) is 11.7. The van der Waals surface area contributed by atoms with Gasteiger partial charge < -0.3 is 10.8 Å². The summed E-state index contributed by atoms with van der Waals surface area (Å²) < 4.78 is 0.0956. The Labute approximate surface area is 162 Å². The van der Waals surface area contributed by atoms with Gasteiger partial charge in [-0.1, -0.05) is 53.2 Å². The van der Waals surface area contributed by atoms with E-state index in [1.807, 2.05) is 0 Å². The van der Waals surface area contributed by atoms with Crippen molar-refractivity contribution in [2.75, 3.05) is 0 Å². The van der Waals surface area contributed by atoms with Gasteiger partial charge in [-0.3, -0.25) is 14.5 Å². The van der Waals surface area contributed by atoms with Crippen LogP contribution < -0.4 is 5.73 Å². The number of hydrogen-bond acceptors (Lipinski definition) is 5. The Morgan fingerprint density at radius 2 is 2.08 bits per heavy atom. The van der Waals surface area contributed by atoms with Gasteiger partial charge in [0.1, 0.15) is 10.4 Å². The molecule has 1 saturated heterocycles. The third kappa shape index (κ3) is 4.72. The Kier molecular flexibility index (Phi) is 6.45. The molecule has 0 aromatic heterocycles. The summed E-state index contributed by atoms with van der Waals surface area (Å²) in [6.45, 7) is 0. The fourth-order valence-corrected chi connectivity index (χ4v) is 3.96.